The van der Waals surface area contributed by atoms with Gasteiger partial charge in [0.2, 0.25) is 0 Å². The zero-order valence-electron chi connectivity index (χ0n) is 8.96. The van der Waals surface area contributed by atoms with Crippen molar-refractivity contribution in [3.05, 3.63) is 53.2 Å². The van der Waals surface area contributed by atoms with Crippen LogP contribution in [0.3, 0.4) is 0 Å². The zero-order chi connectivity index (χ0) is 11.2. The molecule has 3 heterocycles. The van der Waals surface area contributed by atoms with Crippen LogP contribution < -0.4 is 0 Å². The molecule has 0 bridgehead atoms. The first-order chi connectivity index (χ1) is 8.45. The number of benzene rings is 1. The van der Waals surface area contributed by atoms with Crippen LogP contribution in [0, 0.1) is 0 Å². The highest BCUT2D eigenvalue weighted by molar-refractivity contribution is 7.76. The Bertz CT molecular complexity index is 741. The van der Waals surface area contributed by atoms with Gasteiger partial charge in [0.15, 0.2) is 0 Å². The van der Waals surface area contributed by atoms with Crippen molar-refractivity contribution in [2.45, 2.75) is 0 Å². The highest BCUT2D eigenvalue weighted by Crippen LogP contribution is 2.58. The Morgan fingerprint density at radius 2 is 1.29 bits per heavy atom. The summed E-state index contributed by atoms with van der Waals surface area (Å²) in [6.07, 6.45) is 0. The molecule has 4 aromatic rings. The second-order valence-corrected chi connectivity index (χ2v) is 8.47. The molecule has 0 spiro atoms. The highest BCUT2D eigenvalue weighted by atomic mass is 32.1. The summed E-state index contributed by atoms with van der Waals surface area (Å²) < 4.78 is 3.15. The van der Waals surface area contributed by atoms with E-state index >= 15 is 0 Å². The topological polar surface area (TPSA) is 0 Å². The Labute approximate surface area is 108 Å². The van der Waals surface area contributed by atoms with Crippen molar-refractivity contribution in [3.8, 4) is 5.30 Å². The first-order valence-electron chi connectivity index (χ1n) is 5.46. The minimum atomic E-state index is -0.261. The van der Waals surface area contributed by atoms with Gasteiger partial charge in [-0.3, -0.25) is 0 Å². The molecule has 0 saturated heterocycles. The van der Waals surface area contributed by atoms with Gasteiger partial charge in [-0.05, 0) is 22.9 Å². The average Bonchev–Trinajstić information content (AvgIpc) is 3.01. The van der Waals surface area contributed by atoms with E-state index in [0.29, 0.717) is 0 Å². The van der Waals surface area contributed by atoms with E-state index in [0.717, 1.165) is 0 Å². The Hall–Kier alpha value is -1.08. The van der Waals surface area contributed by atoms with Crippen LogP contribution in [0.5, 0.6) is 0 Å². The fourth-order valence-corrected chi connectivity index (χ4v) is 8.10. The molecule has 0 radical (unpaired) electrons. The molecular weight excluding hydrogens is 263 g/mol. The Morgan fingerprint density at radius 3 is 1.88 bits per heavy atom. The minimum absolute atomic E-state index is 0.261. The van der Waals surface area contributed by atoms with Gasteiger partial charge in [0.25, 0.3) is 0 Å². The van der Waals surface area contributed by atoms with E-state index < -0.39 is 0 Å². The van der Waals surface area contributed by atoms with Crippen LogP contribution in [0.25, 0.3) is 24.9 Å². The molecule has 17 heavy (non-hydrogen) atoms. The minimum Gasteiger partial charge on any atom is -0.139 e. The van der Waals surface area contributed by atoms with Crippen LogP contribution in [0.15, 0.2) is 53.2 Å². The van der Waals surface area contributed by atoms with E-state index in [1.54, 1.807) is 8.86 Å². The second kappa shape index (κ2) is 3.71. The van der Waals surface area contributed by atoms with Gasteiger partial charge in [0.05, 0.1) is 8.86 Å². The maximum Gasteiger partial charge on any atom is 0.0598 e. The summed E-state index contributed by atoms with van der Waals surface area (Å²) in [4.78, 5) is 0. The standard InChI is InChI=1S/C14H9PS2/c1-2-4-10(5-3-1)15-13-11(6-8-16-13)12-7-9-17-14(12)15/h1-9H. The molecule has 0 aliphatic heterocycles. The Morgan fingerprint density at radius 1 is 0.706 bits per heavy atom. The van der Waals surface area contributed by atoms with Crippen molar-refractivity contribution < 1.29 is 0 Å². The molecule has 4 rings (SSSR count). The first-order valence-corrected chi connectivity index (χ1v) is 8.56. The third kappa shape index (κ3) is 1.35. The first kappa shape index (κ1) is 9.90. The average molecular weight is 272 g/mol. The summed E-state index contributed by atoms with van der Waals surface area (Å²) in [6.45, 7) is 0. The molecule has 0 saturated carbocycles. The van der Waals surface area contributed by atoms with Crippen molar-refractivity contribution in [1.82, 2.24) is 0 Å². The number of fused-ring (bicyclic) bond motifs is 3. The molecule has 0 fully saturated rings. The van der Waals surface area contributed by atoms with Gasteiger partial charge in [0.1, 0.15) is 0 Å². The van der Waals surface area contributed by atoms with Crippen molar-refractivity contribution in [3.63, 3.8) is 0 Å². The third-order valence-electron chi connectivity index (χ3n) is 3.00. The van der Waals surface area contributed by atoms with Gasteiger partial charge in [-0.1, -0.05) is 37.9 Å². The van der Waals surface area contributed by atoms with Crippen molar-refractivity contribution in [2.75, 3.05) is 0 Å². The fraction of sp³-hybridized carbons (Fsp3) is 0. The maximum absolute atomic E-state index is 2.27. The lowest BCUT2D eigenvalue weighted by Gasteiger charge is -1.99. The summed E-state index contributed by atoms with van der Waals surface area (Å²) in [5, 5.41) is 8.88. The predicted octanol–water partition coefficient (Wildman–Crippen LogP) is 6.09. The Balaban J connectivity index is 2.22. The molecule has 0 unspecified atom stereocenters. The van der Waals surface area contributed by atoms with E-state index in [1.807, 2.05) is 22.7 Å². The molecule has 0 N–H and O–H groups in total. The zero-order valence-corrected chi connectivity index (χ0v) is 11.5. The quantitative estimate of drug-likeness (QED) is 0.393. The van der Waals surface area contributed by atoms with Crippen LogP contribution >= 0.6 is 30.2 Å². The molecule has 0 nitrogen and oxygen atoms in total. The molecule has 0 amide bonds. The van der Waals surface area contributed by atoms with Crippen molar-refractivity contribution in [2.24, 2.45) is 0 Å². The summed E-state index contributed by atoms with van der Waals surface area (Å²) in [6, 6.07) is 15.5. The fourth-order valence-electron chi connectivity index (χ4n) is 2.26. The van der Waals surface area contributed by atoms with Crippen LogP contribution in [0.1, 0.15) is 0 Å². The summed E-state index contributed by atoms with van der Waals surface area (Å²) >= 11 is 3.82. The van der Waals surface area contributed by atoms with Gasteiger partial charge in [-0.2, -0.15) is 0 Å². The van der Waals surface area contributed by atoms with E-state index in [9.17, 15) is 0 Å². The van der Waals surface area contributed by atoms with Gasteiger partial charge < -0.3 is 0 Å². The normalized spacial score (nSPS) is 11.5. The third-order valence-corrected chi connectivity index (χ3v) is 8.27. The monoisotopic (exact) mass is 272 g/mol. The lowest BCUT2D eigenvalue weighted by atomic mass is 10.3. The van der Waals surface area contributed by atoms with Crippen LogP contribution in [-0.2, 0) is 0 Å². The second-order valence-electron chi connectivity index (χ2n) is 3.95. The molecule has 0 atom stereocenters. The lowest BCUT2D eigenvalue weighted by Crippen LogP contribution is -1.61. The Kier molecular flexibility index (Phi) is 2.16. The van der Waals surface area contributed by atoms with Gasteiger partial charge >= 0.3 is 0 Å². The van der Waals surface area contributed by atoms with Crippen LogP contribution in [0.4, 0.5) is 0 Å². The molecule has 0 aliphatic rings. The number of hydrogen-bond donors (Lipinski definition) is 0. The maximum atomic E-state index is 2.27. The molecule has 82 valence electrons. The highest BCUT2D eigenvalue weighted by Gasteiger charge is 2.14. The number of hydrogen-bond acceptors (Lipinski definition) is 2. The van der Waals surface area contributed by atoms with Gasteiger partial charge in [-0.15, -0.1) is 22.7 Å². The molecule has 3 aromatic heterocycles. The van der Waals surface area contributed by atoms with E-state index in [-0.39, 0.29) is 7.53 Å². The van der Waals surface area contributed by atoms with Crippen molar-refractivity contribution in [1.29, 1.82) is 0 Å². The smallest absolute Gasteiger partial charge is 0.0598 e. The van der Waals surface area contributed by atoms with Crippen molar-refractivity contribution >= 4 is 49.8 Å². The van der Waals surface area contributed by atoms with E-state index in [1.165, 1.54) is 16.1 Å². The molecule has 0 aliphatic carbocycles. The molecule has 3 heteroatoms. The SMILES string of the molecule is c1ccc(-p2c3sccc3c3ccsc32)cc1. The lowest BCUT2D eigenvalue weighted by molar-refractivity contribution is 1.76. The molecular formula is C14H9PS2. The van der Waals surface area contributed by atoms with Crippen LogP contribution in [0.2, 0.25) is 0 Å². The number of thiophene rings is 2. The largest absolute Gasteiger partial charge is 0.139 e. The summed E-state index contributed by atoms with van der Waals surface area (Å²) in [5.74, 6) is 0. The summed E-state index contributed by atoms with van der Waals surface area (Å²) in [7, 11) is -0.261. The van der Waals surface area contributed by atoms with E-state index in [2.05, 4.69) is 53.2 Å². The molecule has 1 aromatic carbocycles. The van der Waals surface area contributed by atoms with Crippen LogP contribution in [-0.4, -0.2) is 0 Å². The van der Waals surface area contributed by atoms with Gasteiger partial charge in [-0.25, -0.2) is 0 Å². The van der Waals surface area contributed by atoms with Gasteiger partial charge in [0, 0.05) is 16.1 Å². The predicted molar refractivity (Wildman–Crippen MR) is 81.3 cm³/mol. The summed E-state index contributed by atoms with van der Waals surface area (Å²) in [5.41, 5.74) is 0. The number of rotatable bonds is 1. The van der Waals surface area contributed by atoms with E-state index in [4.69, 9.17) is 0 Å².